The molecule has 1 aliphatic carbocycles. The van der Waals surface area contributed by atoms with Gasteiger partial charge in [-0.15, -0.1) is 0 Å². The van der Waals surface area contributed by atoms with Gasteiger partial charge in [0.2, 0.25) is 23.6 Å². The predicted octanol–water partition coefficient (Wildman–Crippen LogP) is -2.13. The summed E-state index contributed by atoms with van der Waals surface area (Å²) < 4.78 is 0. The molecule has 0 unspecified atom stereocenters. The zero-order chi connectivity index (χ0) is 19.7. The average molecular weight is 366 g/mol. The third-order valence-electron chi connectivity index (χ3n) is 3.85. The summed E-state index contributed by atoms with van der Waals surface area (Å²) in [6.07, 6.45) is 5.35. The Kier molecular flexibility index (Phi) is 8.79. The molecular formula is C16H26N6O4. The van der Waals surface area contributed by atoms with Crippen LogP contribution in [0.5, 0.6) is 0 Å². The van der Waals surface area contributed by atoms with Crippen LogP contribution < -0.4 is 22.9 Å². The first-order valence-electron chi connectivity index (χ1n) is 8.27. The summed E-state index contributed by atoms with van der Waals surface area (Å²) in [6.45, 7) is -1.27. The van der Waals surface area contributed by atoms with Crippen molar-refractivity contribution in [2.75, 3.05) is 26.2 Å². The first-order valence-corrected chi connectivity index (χ1v) is 8.27. The summed E-state index contributed by atoms with van der Waals surface area (Å²) in [7, 11) is 0. The lowest BCUT2D eigenvalue weighted by Gasteiger charge is -2.23. The van der Waals surface area contributed by atoms with Gasteiger partial charge < -0.3 is 22.9 Å². The van der Waals surface area contributed by atoms with E-state index < -0.39 is 23.6 Å². The van der Waals surface area contributed by atoms with Gasteiger partial charge in [-0.25, -0.2) is 0 Å². The molecule has 0 spiro atoms. The van der Waals surface area contributed by atoms with Gasteiger partial charge in [0.15, 0.2) is 0 Å². The van der Waals surface area contributed by atoms with Crippen LogP contribution in [0.1, 0.15) is 25.7 Å². The van der Waals surface area contributed by atoms with Crippen LogP contribution in [0, 0.1) is 0 Å². The lowest BCUT2D eigenvalue weighted by Crippen LogP contribution is -2.41. The van der Waals surface area contributed by atoms with Crippen LogP contribution >= 0.6 is 0 Å². The van der Waals surface area contributed by atoms with Gasteiger partial charge in [0, 0.05) is 12.4 Å². The van der Waals surface area contributed by atoms with E-state index in [-0.39, 0.29) is 26.2 Å². The number of allylic oxidation sites excluding steroid dienone is 2. The summed E-state index contributed by atoms with van der Waals surface area (Å²) in [4.78, 5) is 49.2. The lowest BCUT2D eigenvalue weighted by molar-refractivity contribution is -0.141. The number of hydrogen-bond donors (Lipinski definition) is 4. The van der Waals surface area contributed by atoms with E-state index in [2.05, 4.69) is 0 Å². The van der Waals surface area contributed by atoms with E-state index in [4.69, 9.17) is 22.9 Å². The van der Waals surface area contributed by atoms with E-state index in [1.54, 1.807) is 0 Å². The van der Waals surface area contributed by atoms with Crippen molar-refractivity contribution in [1.29, 1.82) is 0 Å². The standard InChI is InChI=1S/C16H26N6O4/c17-5-13(23)21(14(24)6-18)9-11-2-1-3-12(4-11)10-22(15(25)7-19)16(26)8-20/h9-10H,1-8,17-20H2. The Morgan fingerprint density at radius 3 is 1.27 bits per heavy atom. The molecule has 10 nitrogen and oxygen atoms in total. The third kappa shape index (κ3) is 5.85. The molecule has 0 aromatic rings. The Balaban J connectivity index is 3.06. The first kappa shape index (κ1) is 21.6. The van der Waals surface area contributed by atoms with Gasteiger partial charge in [0.05, 0.1) is 26.2 Å². The van der Waals surface area contributed by atoms with E-state index in [1.165, 1.54) is 12.4 Å². The number of imide groups is 2. The van der Waals surface area contributed by atoms with E-state index in [9.17, 15) is 19.2 Å². The smallest absolute Gasteiger partial charge is 0.247 e. The van der Waals surface area contributed by atoms with Crippen molar-refractivity contribution in [3.8, 4) is 0 Å². The van der Waals surface area contributed by atoms with Crippen molar-refractivity contribution in [3.63, 3.8) is 0 Å². The zero-order valence-electron chi connectivity index (χ0n) is 14.6. The van der Waals surface area contributed by atoms with Crippen LogP contribution in [0.3, 0.4) is 0 Å². The molecule has 0 atom stereocenters. The number of rotatable bonds is 6. The maximum absolute atomic E-state index is 11.8. The van der Waals surface area contributed by atoms with Crippen molar-refractivity contribution in [3.05, 3.63) is 23.5 Å². The number of carbonyl (C=O) groups is 4. The fourth-order valence-corrected chi connectivity index (χ4v) is 2.56. The number of carbonyl (C=O) groups excluding carboxylic acids is 4. The normalized spacial score (nSPS) is 17.2. The molecule has 0 aromatic carbocycles. The monoisotopic (exact) mass is 366 g/mol. The van der Waals surface area contributed by atoms with Crippen molar-refractivity contribution in [1.82, 2.24) is 9.80 Å². The van der Waals surface area contributed by atoms with E-state index >= 15 is 0 Å². The van der Waals surface area contributed by atoms with Crippen LogP contribution in [0.2, 0.25) is 0 Å². The first-order chi connectivity index (χ1) is 12.4. The number of amides is 4. The highest BCUT2D eigenvalue weighted by Crippen LogP contribution is 2.28. The van der Waals surface area contributed by atoms with Crippen LogP contribution in [0.15, 0.2) is 23.5 Å². The molecule has 1 aliphatic rings. The molecule has 4 amide bonds. The van der Waals surface area contributed by atoms with E-state index in [1.807, 2.05) is 0 Å². The SMILES string of the molecule is NCC(=O)N(C=C1CCCC(=CN(C(=O)CN)C(=O)CN)C1)C(=O)CN. The fourth-order valence-electron chi connectivity index (χ4n) is 2.56. The van der Waals surface area contributed by atoms with Crippen LogP contribution in [-0.4, -0.2) is 59.6 Å². The Bertz CT molecular complexity index is 544. The summed E-state index contributed by atoms with van der Waals surface area (Å²) in [5.74, 6) is -2.21. The van der Waals surface area contributed by atoms with Crippen LogP contribution in [0.25, 0.3) is 0 Å². The van der Waals surface area contributed by atoms with Gasteiger partial charge in [-0.1, -0.05) is 0 Å². The van der Waals surface area contributed by atoms with E-state index in [0.29, 0.717) is 19.3 Å². The molecular weight excluding hydrogens is 340 g/mol. The second-order valence-electron chi connectivity index (χ2n) is 5.74. The number of hydrogen-bond acceptors (Lipinski definition) is 8. The fraction of sp³-hybridized carbons (Fsp3) is 0.500. The molecule has 26 heavy (non-hydrogen) atoms. The quantitative estimate of drug-likeness (QED) is 0.411. The van der Waals surface area contributed by atoms with Crippen molar-refractivity contribution < 1.29 is 19.2 Å². The Hall–Kier alpha value is -2.40. The molecule has 0 aliphatic heterocycles. The summed E-state index contributed by atoms with van der Waals surface area (Å²) >= 11 is 0. The molecule has 1 rings (SSSR count). The predicted molar refractivity (Wildman–Crippen MR) is 94.6 cm³/mol. The highest BCUT2D eigenvalue weighted by molar-refractivity contribution is 5.98. The topological polar surface area (TPSA) is 179 Å². The third-order valence-corrected chi connectivity index (χ3v) is 3.85. The summed E-state index contributed by atoms with van der Waals surface area (Å²) in [5.41, 5.74) is 22.9. The molecule has 10 heteroatoms. The Morgan fingerprint density at radius 1 is 0.692 bits per heavy atom. The second kappa shape index (κ2) is 10.6. The molecule has 1 fully saturated rings. The second-order valence-corrected chi connectivity index (χ2v) is 5.74. The number of nitrogens with zero attached hydrogens (tertiary/aromatic N) is 2. The van der Waals surface area contributed by atoms with Gasteiger partial charge in [0.25, 0.3) is 0 Å². The van der Waals surface area contributed by atoms with Crippen LogP contribution in [-0.2, 0) is 19.2 Å². The van der Waals surface area contributed by atoms with Gasteiger partial charge in [-0.3, -0.25) is 29.0 Å². The number of nitrogens with two attached hydrogens (primary N) is 4. The van der Waals surface area contributed by atoms with E-state index in [0.717, 1.165) is 27.4 Å². The van der Waals surface area contributed by atoms with Crippen molar-refractivity contribution in [2.45, 2.75) is 25.7 Å². The van der Waals surface area contributed by atoms with Gasteiger partial charge in [0.1, 0.15) is 0 Å². The van der Waals surface area contributed by atoms with Gasteiger partial charge in [-0.2, -0.15) is 0 Å². The minimum Gasteiger partial charge on any atom is -0.322 e. The average Bonchev–Trinajstić information content (AvgIpc) is 2.68. The molecule has 0 radical (unpaired) electrons. The molecule has 1 saturated carbocycles. The minimum absolute atomic E-state index is 0.317. The zero-order valence-corrected chi connectivity index (χ0v) is 14.6. The highest BCUT2D eigenvalue weighted by atomic mass is 16.2. The molecule has 0 heterocycles. The minimum atomic E-state index is -0.553. The van der Waals surface area contributed by atoms with Crippen molar-refractivity contribution in [2.24, 2.45) is 22.9 Å². The molecule has 0 saturated heterocycles. The largest absolute Gasteiger partial charge is 0.322 e. The Labute approximate surface area is 151 Å². The maximum Gasteiger partial charge on any atom is 0.247 e. The van der Waals surface area contributed by atoms with Gasteiger partial charge >= 0.3 is 0 Å². The van der Waals surface area contributed by atoms with Crippen LogP contribution in [0.4, 0.5) is 0 Å². The molecule has 0 bridgehead atoms. The lowest BCUT2D eigenvalue weighted by atomic mass is 9.91. The highest BCUT2D eigenvalue weighted by Gasteiger charge is 2.22. The molecule has 0 aromatic heterocycles. The summed E-state index contributed by atoms with van der Waals surface area (Å²) in [5, 5.41) is 0. The van der Waals surface area contributed by atoms with Crippen molar-refractivity contribution >= 4 is 23.6 Å². The molecule has 8 N–H and O–H groups in total. The maximum atomic E-state index is 11.8. The van der Waals surface area contributed by atoms with Gasteiger partial charge in [-0.05, 0) is 36.8 Å². The molecule has 144 valence electrons. The Morgan fingerprint density at radius 2 is 1.00 bits per heavy atom. The summed E-state index contributed by atoms with van der Waals surface area (Å²) in [6, 6.07) is 0.